The highest BCUT2D eigenvalue weighted by atomic mass is 16.2. The lowest BCUT2D eigenvalue weighted by molar-refractivity contribution is 0.0910. The molecule has 0 radical (unpaired) electrons. The average molecular weight is 237 g/mol. The third-order valence-electron chi connectivity index (χ3n) is 3.43. The zero-order valence-electron chi connectivity index (χ0n) is 10.1. The first-order chi connectivity index (χ1) is 8.29. The van der Waals surface area contributed by atoms with Crippen LogP contribution in [0.25, 0.3) is 0 Å². The number of amides is 1. The highest BCUT2D eigenvalue weighted by Crippen LogP contribution is 2.27. The van der Waals surface area contributed by atoms with Gasteiger partial charge in [0.05, 0.1) is 0 Å². The third kappa shape index (κ3) is 3.25. The van der Waals surface area contributed by atoms with Crippen molar-refractivity contribution in [3.05, 3.63) is 5.82 Å². The number of nitrogens with zero attached hydrogens (tertiary/aromatic N) is 3. The van der Waals surface area contributed by atoms with Crippen molar-refractivity contribution < 1.29 is 4.79 Å². The summed E-state index contributed by atoms with van der Waals surface area (Å²) in [5, 5.41) is 15.9. The predicted octanol–water partition coefficient (Wildman–Crippen LogP) is 1.29. The molecule has 6 heteroatoms. The van der Waals surface area contributed by atoms with Crippen LogP contribution in [0.4, 0.5) is 0 Å². The van der Waals surface area contributed by atoms with Crippen molar-refractivity contribution >= 4 is 5.91 Å². The van der Waals surface area contributed by atoms with E-state index in [1.807, 2.05) is 0 Å². The van der Waals surface area contributed by atoms with Gasteiger partial charge in [-0.2, -0.15) is 5.21 Å². The molecular formula is C11H19N5O. The number of carbonyl (C=O) groups is 1. The molecule has 1 heterocycles. The van der Waals surface area contributed by atoms with E-state index in [0.29, 0.717) is 0 Å². The van der Waals surface area contributed by atoms with Gasteiger partial charge in [-0.1, -0.05) is 19.8 Å². The molecule has 6 nitrogen and oxygen atoms in total. The molecule has 0 aliphatic heterocycles. The number of aromatic nitrogens is 4. The molecule has 17 heavy (non-hydrogen) atoms. The number of hydrogen-bond donors (Lipinski definition) is 2. The minimum Gasteiger partial charge on any atom is -0.346 e. The molecule has 1 aromatic heterocycles. The average Bonchev–Trinajstić information content (AvgIpc) is 2.86. The Bertz CT molecular complexity index is 343. The molecular weight excluding hydrogens is 218 g/mol. The summed E-state index contributed by atoms with van der Waals surface area (Å²) in [6.45, 7) is 2.23. The van der Waals surface area contributed by atoms with E-state index in [-0.39, 0.29) is 17.8 Å². The maximum atomic E-state index is 11.7. The summed E-state index contributed by atoms with van der Waals surface area (Å²) in [4.78, 5) is 11.7. The molecule has 0 atom stereocenters. The zero-order valence-corrected chi connectivity index (χ0v) is 10.1. The molecule has 0 unspecified atom stereocenters. The lowest BCUT2D eigenvalue weighted by Crippen LogP contribution is -2.38. The second kappa shape index (κ2) is 5.75. The van der Waals surface area contributed by atoms with Gasteiger partial charge in [0.2, 0.25) is 0 Å². The lowest BCUT2D eigenvalue weighted by atomic mass is 9.83. The van der Waals surface area contributed by atoms with Crippen molar-refractivity contribution in [2.45, 2.75) is 51.5 Å². The van der Waals surface area contributed by atoms with Crippen LogP contribution in [-0.2, 0) is 0 Å². The van der Waals surface area contributed by atoms with Crippen LogP contribution in [0, 0.1) is 5.92 Å². The molecule has 94 valence electrons. The Morgan fingerprint density at radius 2 is 2.18 bits per heavy atom. The zero-order chi connectivity index (χ0) is 12.1. The molecule has 0 saturated heterocycles. The summed E-state index contributed by atoms with van der Waals surface area (Å²) in [5.41, 5.74) is 0. The monoisotopic (exact) mass is 237 g/mol. The molecule has 0 aromatic carbocycles. The Hall–Kier alpha value is -1.46. The third-order valence-corrected chi connectivity index (χ3v) is 3.43. The first-order valence-electron chi connectivity index (χ1n) is 6.34. The molecule has 1 aliphatic carbocycles. The van der Waals surface area contributed by atoms with Gasteiger partial charge >= 0.3 is 0 Å². The highest BCUT2D eigenvalue weighted by molar-refractivity contribution is 5.90. The van der Waals surface area contributed by atoms with Gasteiger partial charge in [0, 0.05) is 6.04 Å². The van der Waals surface area contributed by atoms with Crippen molar-refractivity contribution in [3.63, 3.8) is 0 Å². The molecule has 2 N–H and O–H groups in total. The molecule has 1 amide bonds. The quantitative estimate of drug-likeness (QED) is 0.826. The summed E-state index contributed by atoms with van der Waals surface area (Å²) < 4.78 is 0. The Balaban J connectivity index is 1.76. The number of carbonyl (C=O) groups excluding carboxylic acids is 1. The topological polar surface area (TPSA) is 83.6 Å². The standard InChI is InChI=1S/C11H19N5O/c1-2-3-8-4-6-9(7-5-8)12-11(17)10-13-15-16-14-10/h8-9H,2-7H2,1H3,(H,12,17)(H,13,14,15,16). The molecule has 2 rings (SSSR count). The van der Waals surface area contributed by atoms with Gasteiger partial charge < -0.3 is 5.32 Å². The van der Waals surface area contributed by atoms with Crippen LogP contribution in [0.1, 0.15) is 56.1 Å². The lowest BCUT2D eigenvalue weighted by Gasteiger charge is -2.28. The van der Waals surface area contributed by atoms with E-state index < -0.39 is 0 Å². The molecule has 1 aliphatic rings. The molecule has 0 bridgehead atoms. The second-order valence-corrected chi connectivity index (χ2v) is 4.72. The van der Waals surface area contributed by atoms with E-state index in [1.165, 1.54) is 25.7 Å². The summed E-state index contributed by atoms with van der Waals surface area (Å²) in [6.07, 6.45) is 7.12. The molecule has 1 fully saturated rings. The number of nitrogens with one attached hydrogen (secondary N) is 2. The fraction of sp³-hybridized carbons (Fsp3) is 0.818. The fourth-order valence-corrected chi connectivity index (χ4v) is 2.51. The summed E-state index contributed by atoms with van der Waals surface area (Å²) in [5.74, 6) is 0.747. The van der Waals surface area contributed by atoms with Gasteiger partial charge in [-0.25, -0.2) is 0 Å². The van der Waals surface area contributed by atoms with Crippen LogP contribution in [0.2, 0.25) is 0 Å². The Kier molecular flexibility index (Phi) is 4.06. The van der Waals surface area contributed by atoms with E-state index >= 15 is 0 Å². The van der Waals surface area contributed by atoms with Gasteiger partial charge in [-0.15, -0.1) is 10.2 Å². The van der Waals surface area contributed by atoms with Crippen LogP contribution in [0.15, 0.2) is 0 Å². The van der Waals surface area contributed by atoms with Crippen LogP contribution < -0.4 is 5.32 Å². The first-order valence-corrected chi connectivity index (χ1v) is 6.34. The Morgan fingerprint density at radius 3 is 2.76 bits per heavy atom. The number of hydrogen-bond acceptors (Lipinski definition) is 4. The SMILES string of the molecule is CCCC1CCC(NC(=O)c2nn[nH]n2)CC1. The van der Waals surface area contributed by atoms with Gasteiger partial charge in [-0.3, -0.25) is 4.79 Å². The van der Waals surface area contributed by atoms with E-state index in [0.717, 1.165) is 18.8 Å². The molecule has 1 saturated carbocycles. The van der Waals surface area contributed by atoms with Crippen LogP contribution in [0.5, 0.6) is 0 Å². The van der Waals surface area contributed by atoms with Crippen molar-refractivity contribution in [2.24, 2.45) is 5.92 Å². The van der Waals surface area contributed by atoms with E-state index in [1.54, 1.807) is 0 Å². The normalized spacial score (nSPS) is 24.5. The number of aromatic amines is 1. The highest BCUT2D eigenvalue weighted by Gasteiger charge is 2.23. The van der Waals surface area contributed by atoms with Crippen LogP contribution in [0.3, 0.4) is 0 Å². The van der Waals surface area contributed by atoms with Gasteiger partial charge in [0.25, 0.3) is 11.7 Å². The number of rotatable bonds is 4. The fourth-order valence-electron chi connectivity index (χ4n) is 2.51. The van der Waals surface area contributed by atoms with Crippen molar-refractivity contribution in [1.82, 2.24) is 25.9 Å². The van der Waals surface area contributed by atoms with Crippen molar-refractivity contribution in [3.8, 4) is 0 Å². The van der Waals surface area contributed by atoms with Crippen LogP contribution in [-0.4, -0.2) is 32.6 Å². The van der Waals surface area contributed by atoms with Crippen molar-refractivity contribution in [1.29, 1.82) is 0 Å². The van der Waals surface area contributed by atoms with Crippen LogP contribution >= 0.6 is 0 Å². The largest absolute Gasteiger partial charge is 0.346 e. The molecule has 0 spiro atoms. The maximum absolute atomic E-state index is 11.7. The van der Waals surface area contributed by atoms with E-state index in [2.05, 4.69) is 32.9 Å². The van der Waals surface area contributed by atoms with E-state index in [9.17, 15) is 4.79 Å². The minimum absolute atomic E-state index is 0.126. The predicted molar refractivity (Wildman–Crippen MR) is 62.3 cm³/mol. The van der Waals surface area contributed by atoms with Gasteiger partial charge in [0.1, 0.15) is 0 Å². The summed E-state index contributed by atoms with van der Waals surface area (Å²) in [6, 6.07) is 0.272. The van der Waals surface area contributed by atoms with Crippen molar-refractivity contribution in [2.75, 3.05) is 0 Å². The smallest absolute Gasteiger partial charge is 0.293 e. The first kappa shape index (κ1) is 12.0. The van der Waals surface area contributed by atoms with Gasteiger partial charge in [0.15, 0.2) is 0 Å². The Morgan fingerprint density at radius 1 is 1.41 bits per heavy atom. The maximum Gasteiger partial charge on any atom is 0.293 e. The summed E-state index contributed by atoms with van der Waals surface area (Å²) >= 11 is 0. The number of H-pyrrole nitrogens is 1. The number of tetrazole rings is 1. The summed E-state index contributed by atoms with van der Waals surface area (Å²) in [7, 11) is 0. The molecule has 1 aromatic rings. The Labute approximate surface area is 101 Å². The second-order valence-electron chi connectivity index (χ2n) is 4.72. The van der Waals surface area contributed by atoms with E-state index in [4.69, 9.17) is 0 Å². The van der Waals surface area contributed by atoms with Gasteiger partial charge in [-0.05, 0) is 36.8 Å². The minimum atomic E-state index is -0.224.